The number of morpholine rings is 1. The third kappa shape index (κ3) is 2.94. The smallest absolute Gasteiger partial charge is 0.331 e. The van der Waals surface area contributed by atoms with Crippen molar-refractivity contribution in [3.63, 3.8) is 0 Å². The minimum absolute atomic E-state index is 0.137. The molecule has 0 radical (unpaired) electrons. The Bertz CT molecular complexity index is 535. The fraction of sp³-hybridized carbons (Fsp3) is 0.385. The van der Waals surface area contributed by atoms with E-state index in [0.29, 0.717) is 28.9 Å². The van der Waals surface area contributed by atoms with Crippen LogP contribution in [0, 0.1) is 0 Å². The second-order valence-corrected chi connectivity index (χ2v) is 5.21. The molecule has 1 aromatic rings. The predicted octanol–water partition coefficient (Wildman–Crippen LogP) is 1.05. The zero-order chi connectivity index (χ0) is 14.7. The summed E-state index contributed by atoms with van der Waals surface area (Å²) in [5.74, 6) is -0.763. The molecule has 1 fully saturated rings. The Balaban J connectivity index is 2.30. The van der Waals surface area contributed by atoms with E-state index < -0.39 is 12.0 Å². The van der Waals surface area contributed by atoms with E-state index in [2.05, 4.69) is 15.9 Å². The number of halogens is 1. The van der Waals surface area contributed by atoms with E-state index in [9.17, 15) is 9.59 Å². The van der Waals surface area contributed by atoms with Gasteiger partial charge in [0.05, 0.1) is 25.9 Å². The topological polar surface area (TPSA) is 81.9 Å². The maximum atomic E-state index is 12.6. The van der Waals surface area contributed by atoms with E-state index in [1.807, 2.05) is 0 Å². The number of benzene rings is 1. The number of nitrogen functional groups attached to an aromatic ring is 1. The Morgan fingerprint density at radius 3 is 2.95 bits per heavy atom. The largest absolute Gasteiger partial charge is 0.467 e. The molecule has 0 aromatic heterocycles. The molecule has 6 nitrogen and oxygen atoms in total. The van der Waals surface area contributed by atoms with Crippen LogP contribution in [0.2, 0.25) is 0 Å². The number of nitrogens with two attached hydrogens (primary N) is 1. The van der Waals surface area contributed by atoms with Gasteiger partial charge in [-0.25, -0.2) is 4.79 Å². The van der Waals surface area contributed by atoms with Crippen LogP contribution in [-0.4, -0.2) is 49.7 Å². The number of hydrogen-bond acceptors (Lipinski definition) is 5. The fourth-order valence-electron chi connectivity index (χ4n) is 2.04. The van der Waals surface area contributed by atoms with Gasteiger partial charge < -0.3 is 20.1 Å². The van der Waals surface area contributed by atoms with Crippen LogP contribution in [0.5, 0.6) is 0 Å². The normalized spacial score (nSPS) is 18.7. The molecule has 20 heavy (non-hydrogen) atoms. The second kappa shape index (κ2) is 6.23. The summed E-state index contributed by atoms with van der Waals surface area (Å²) in [4.78, 5) is 25.8. The Morgan fingerprint density at radius 2 is 2.25 bits per heavy atom. The molecule has 108 valence electrons. The summed E-state index contributed by atoms with van der Waals surface area (Å²) in [6, 6.07) is 4.25. The van der Waals surface area contributed by atoms with Gasteiger partial charge >= 0.3 is 5.97 Å². The number of carbonyl (C=O) groups excluding carboxylic acids is 2. The van der Waals surface area contributed by atoms with Crippen LogP contribution in [0.25, 0.3) is 0 Å². The van der Waals surface area contributed by atoms with Gasteiger partial charge in [-0.1, -0.05) is 0 Å². The van der Waals surface area contributed by atoms with Gasteiger partial charge in [0.1, 0.15) is 0 Å². The fourth-order valence-corrected chi connectivity index (χ4v) is 2.46. The van der Waals surface area contributed by atoms with E-state index in [0.717, 1.165) is 0 Å². The van der Waals surface area contributed by atoms with Crippen LogP contribution >= 0.6 is 15.9 Å². The van der Waals surface area contributed by atoms with Crippen LogP contribution in [0.1, 0.15) is 10.4 Å². The Kier molecular flexibility index (Phi) is 4.61. The summed E-state index contributed by atoms with van der Waals surface area (Å²) < 4.78 is 10.6. The van der Waals surface area contributed by atoms with Gasteiger partial charge in [0.2, 0.25) is 0 Å². The number of rotatable bonds is 2. The number of ether oxygens (including phenoxy) is 2. The number of methoxy groups -OCH3 is 1. The molecule has 1 unspecified atom stereocenters. The molecule has 7 heteroatoms. The monoisotopic (exact) mass is 342 g/mol. The molecule has 1 saturated heterocycles. The van der Waals surface area contributed by atoms with Gasteiger partial charge in [-0.3, -0.25) is 4.79 Å². The first-order valence-corrected chi connectivity index (χ1v) is 6.85. The molecule has 1 aliphatic heterocycles. The lowest BCUT2D eigenvalue weighted by Gasteiger charge is -2.33. The number of amides is 1. The van der Waals surface area contributed by atoms with Gasteiger partial charge in [-0.2, -0.15) is 0 Å². The lowest BCUT2D eigenvalue weighted by Crippen LogP contribution is -2.53. The molecule has 2 N–H and O–H groups in total. The minimum atomic E-state index is -0.727. The van der Waals surface area contributed by atoms with Crippen LogP contribution in [0.4, 0.5) is 5.69 Å². The van der Waals surface area contributed by atoms with E-state index in [1.165, 1.54) is 12.0 Å². The number of nitrogens with zero attached hydrogens (tertiary/aromatic N) is 1. The Labute approximate surface area is 124 Å². The van der Waals surface area contributed by atoms with Crippen LogP contribution < -0.4 is 5.73 Å². The summed E-state index contributed by atoms with van der Waals surface area (Å²) in [6.45, 7) is 0.858. The molecule has 0 spiro atoms. The van der Waals surface area contributed by atoms with E-state index in [4.69, 9.17) is 15.2 Å². The third-order valence-corrected chi connectivity index (χ3v) is 3.77. The van der Waals surface area contributed by atoms with Gasteiger partial charge in [0, 0.05) is 16.7 Å². The van der Waals surface area contributed by atoms with Crippen LogP contribution in [0.15, 0.2) is 22.7 Å². The average Bonchev–Trinajstić information content (AvgIpc) is 2.48. The highest BCUT2D eigenvalue weighted by atomic mass is 79.9. The second-order valence-electron chi connectivity index (χ2n) is 4.35. The molecular weight excluding hydrogens is 328 g/mol. The number of esters is 1. The molecule has 1 atom stereocenters. The van der Waals surface area contributed by atoms with Crippen molar-refractivity contribution in [1.82, 2.24) is 4.90 Å². The number of carbonyl (C=O) groups is 2. The molecule has 1 amide bonds. The maximum absolute atomic E-state index is 12.6. The Hall–Kier alpha value is -1.60. The highest BCUT2D eigenvalue weighted by molar-refractivity contribution is 9.10. The van der Waals surface area contributed by atoms with E-state index in [-0.39, 0.29) is 12.5 Å². The average molecular weight is 343 g/mol. The Morgan fingerprint density at radius 1 is 1.50 bits per heavy atom. The predicted molar refractivity (Wildman–Crippen MR) is 76.2 cm³/mol. The van der Waals surface area contributed by atoms with Gasteiger partial charge in [-0.15, -0.1) is 0 Å². The van der Waals surface area contributed by atoms with E-state index >= 15 is 0 Å². The van der Waals surface area contributed by atoms with Crippen molar-refractivity contribution in [3.05, 3.63) is 28.2 Å². The van der Waals surface area contributed by atoms with Gasteiger partial charge in [-0.05, 0) is 34.1 Å². The zero-order valence-electron chi connectivity index (χ0n) is 11.0. The summed E-state index contributed by atoms with van der Waals surface area (Å²) in [7, 11) is 1.29. The third-order valence-electron chi connectivity index (χ3n) is 3.08. The van der Waals surface area contributed by atoms with Gasteiger partial charge in [0.25, 0.3) is 5.91 Å². The minimum Gasteiger partial charge on any atom is -0.467 e. The highest BCUT2D eigenvalue weighted by Crippen LogP contribution is 2.23. The lowest BCUT2D eigenvalue weighted by atomic mass is 10.1. The first-order valence-electron chi connectivity index (χ1n) is 6.06. The van der Waals surface area contributed by atoms with E-state index in [1.54, 1.807) is 18.2 Å². The van der Waals surface area contributed by atoms with Crippen molar-refractivity contribution in [2.24, 2.45) is 0 Å². The van der Waals surface area contributed by atoms with Crippen molar-refractivity contribution in [1.29, 1.82) is 0 Å². The molecule has 1 heterocycles. The standard InChI is InChI=1S/C13H15BrN2O4/c1-19-13(18)11-7-20-5-4-16(11)12(17)9-6-8(15)2-3-10(9)14/h2-3,6,11H,4-5,7,15H2,1H3. The summed E-state index contributed by atoms with van der Waals surface area (Å²) in [5, 5.41) is 0. The zero-order valence-corrected chi connectivity index (χ0v) is 12.6. The molecule has 0 aliphatic carbocycles. The highest BCUT2D eigenvalue weighted by Gasteiger charge is 2.34. The summed E-state index contributed by atoms with van der Waals surface area (Å²) in [6.07, 6.45) is 0. The summed E-state index contributed by atoms with van der Waals surface area (Å²) in [5.41, 5.74) is 6.61. The molecule has 0 bridgehead atoms. The quantitative estimate of drug-likeness (QED) is 0.641. The SMILES string of the molecule is COC(=O)C1COCCN1C(=O)c1cc(N)ccc1Br. The van der Waals surface area contributed by atoms with Crippen molar-refractivity contribution in [3.8, 4) is 0 Å². The van der Waals surface area contributed by atoms with Gasteiger partial charge in [0.15, 0.2) is 6.04 Å². The number of anilines is 1. The maximum Gasteiger partial charge on any atom is 0.331 e. The summed E-state index contributed by atoms with van der Waals surface area (Å²) >= 11 is 3.32. The number of hydrogen-bond donors (Lipinski definition) is 1. The van der Waals surface area contributed by atoms with Crippen molar-refractivity contribution < 1.29 is 19.1 Å². The van der Waals surface area contributed by atoms with Crippen molar-refractivity contribution in [2.75, 3.05) is 32.6 Å². The molecule has 2 rings (SSSR count). The molecular formula is C13H15BrN2O4. The van der Waals surface area contributed by atoms with Crippen LogP contribution in [0.3, 0.4) is 0 Å². The van der Waals surface area contributed by atoms with Crippen LogP contribution in [-0.2, 0) is 14.3 Å². The molecule has 1 aliphatic rings. The molecule has 1 aromatic carbocycles. The lowest BCUT2D eigenvalue weighted by molar-refractivity contribution is -0.151. The van der Waals surface area contributed by atoms with Crippen molar-refractivity contribution >= 4 is 33.5 Å². The first kappa shape index (κ1) is 14.8. The molecule has 0 saturated carbocycles. The van der Waals surface area contributed by atoms with Crippen molar-refractivity contribution in [2.45, 2.75) is 6.04 Å². The first-order chi connectivity index (χ1) is 9.54.